The summed E-state index contributed by atoms with van der Waals surface area (Å²) in [4.78, 5) is 1.66. The van der Waals surface area contributed by atoms with E-state index < -0.39 is 0 Å². The molecule has 0 amide bonds. The van der Waals surface area contributed by atoms with E-state index >= 15 is 0 Å². The Hall–Kier alpha value is -0.340. The minimum Gasteiger partial charge on any atom is -0.326 e. The second-order valence-electron chi connectivity index (χ2n) is 5.25. The lowest BCUT2D eigenvalue weighted by atomic mass is 9.72. The van der Waals surface area contributed by atoms with Crippen molar-refractivity contribution in [3.63, 3.8) is 0 Å². The van der Waals surface area contributed by atoms with Gasteiger partial charge in [-0.2, -0.15) is 0 Å². The molecule has 1 heterocycles. The Morgan fingerprint density at radius 3 is 2.80 bits per heavy atom. The quantitative estimate of drug-likeness (QED) is 0.774. The largest absolute Gasteiger partial charge is 0.326 e. The van der Waals surface area contributed by atoms with E-state index in [1.165, 1.54) is 50.5 Å². The van der Waals surface area contributed by atoms with E-state index in [0.29, 0.717) is 5.41 Å². The molecule has 0 aliphatic heterocycles. The SMILES string of the molecule is NCc1csc2c1CCC1(CCCC1)C2. The standard InChI is InChI=1S/C13H19NS/c14-8-10-9-15-12-7-13(4-1-2-5-13)6-3-11(10)12/h9H,1-8,14H2. The van der Waals surface area contributed by atoms with E-state index in [0.717, 1.165) is 6.54 Å². The Balaban J connectivity index is 1.90. The van der Waals surface area contributed by atoms with E-state index in [4.69, 9.17) is 5.73 Å². The second-order valence-corrected chi connectivity index (χ2v) is 6.21. The van der Waals surface area contributed by atoms with Crippen molar-refractivity contribution in [2.24, 2.45) is 11.1 Å². The molecule has 1 fully saturated rings. The Morgan fingerprint density at radius 1 is 1.27 bits per heavy atom. The molecule has 15 heavy (non-hydrogen) atoms. The van der Waals surface area contributed by atoms with Crippen LogP contribution in [0.25, 0.3) is 0 Å². The van der Waals surface area contributed by atoms with Gasteiger partial charge in [-0.15, -0.1) is 11.3 Å². The summed E-state index contributed by atoms with van der Waals surface area (Å²) < 4.78 is 0. The van der Waals surface area contributed by atoms with Crippen molar-refractivity contribution in [1.29, 1.82) is 0 Å². The first-order valence-corrected chi connectivity index (χ1v) is 6.99. The van der Waals surface area contributed by atoms with Crippen molar-refractivity contribution in [3.8, 4) is 0 Å². The van der Waals surface area contributed by atoms with Gasteiger partial charge in [0.05, 0.1) is 0 Å². The van der Waals surface area contributed by atoms with Crippen LogP contribution in [0.5, 0.6) is 0 Å². The first-order chi connectivity index (χ1) is 7.33. The summed E-state index contributed by atoms with van der Waals surface area (Å²) in [5, 5.41) is 2.29. The molecule has 2 N–H and O–H groups in total. The summed E-state index contributed by atoms with van der Waals surface area (Å²) in [7, 11) is 0. The molecule has 0 radical (unpaired) electrons. The molecule has 82 valence electrons. The lowest BCUT2D eigenvalue weighted by molar-refractivity contribution is 0.257. The molecule has 1 nitrogen and oxygen atoms in total. The van der Waals surface area contributed by atoms with Gasteiger partial charge in [0.25, 0.3) is 0 Å². The highest BCUT2D eigenvalue weighted by Crippen LogP contribution is 2.49. The number of rotatable bonds is 1. The van der Waals surface area contributed by atoms with Crippen LogP contribution in [0.2, 0.25) is 0 Å². The predicted molar refractivity (Wildman–Crippen MR) is 65.1 cm³/mol. The third-order valence-corrected chi connectivity index (χ3v) is 5.47. The normalized spacial score (nSPS) is 23.3. The molecule has 0 aromatic carbocycles. The first kappa shape index (κ1) is 9.86. The third-order valence-electron chi connectivity index (χ3n) is 4.39. The molecule has 3 rings (SSSR count). The average Bonchev–Trinajstić information content (AvgIpc) is 2.85. The smallest absolute Gasteiger partial charge is 0.0189 e. The Bertz CT molecular complexity index is 361. The van der Waals surface area contributed by atoms with Crippen molar-refractivity contribution in [3.05, 3.63) is 21.4 Å². The number of thiophene rings is 1. The van der Waals surface area contributed by atoms with Gasteiger partial charge in [0.15, 0.2) is 0 Å². The number of hydrogen-bond acceptors (Lipinski definition) is 2. The van der Waals surface area contributed by atoms with E-state index in [9.17, 15) is 0 Å². The van der Waals surface area contributed by atoms with Gasteiger partial charge in [0.1, 0.15) is 0 Å². The van der Waals surface area contributed by atoms with Gasteiger partial charge in [-0.05, 0) is 54.0 Å². The molecule has 2 aliphatic carbocycles. The maximum absolute atomic E-state index is 5.77. The zero-order valence-corrected chi connectivity index (χ0v) is 10.0. The molecule has 1 saturated carbocycles. The Morgan fingerprint density at radius 2 is 2.07 bits per heavy atom. The fourth-order valence-corrected chi connectivity index (χ4v) is 4.74. The summed E-state index contributed by atoms with van der Waals surface area (Å²) in [6, 6.07) is 0. The third kappa shape index (κ3) is 1.55. The summed E-state index contributed by atoms with van der Waals surface area (Å²) in [6.07, 6.45) is 9.95. The topological polar surface area (TPSA) is 26.0 Å². The maximum Gasteiger partial charge on any atom is 0.0189 e. The minimum absolute atomic E-state index is 0.698. The van der Waals surface area contributed by atoms with Crippen LogP contribution in [0.3, 0.4) is 0 Å². The van der Waals surface area contributed by atoms with Crippen LogP contribution >= 0.6 is 11.3 Å². The fourth-order valence-electron chi connectivity index (χ4n) is 3.45. The lowest BCUT2D eigenvalue weighted by Gasteiger charge is -2.33. The van der Waals surface area contributed by atoms with E-state index in [2.05, 4.69) is 5.38 Å². The monoisotopic (exact) mass is 221 g/mol. The van der Waals surface area contributed by atoms with Crippen LogP contribution < -0.4 is 5.73 Å². The highest BCUT2D eigenvalue weighted by molar-refractivity contribution is 7.10. The molecule has 1 aromatic heterocycles. The Kier molecular flexibility index (Phi) is 2.37. The number of fused-ring (bicyclic) bond motifs is 1. The summed E-state index contributed by atoms with van der Waals surface area (Å²) in [5.74, 6) is 0. The minimum atomic E-state index is 0.698. The molecule has 2 heteroatoms. The van der Waals surface area contributed by atoms with Gasteiger partial charge in [-0.25, -0.2) is 0 Å². The summed E-state index contributed by atoms with van der Waals surface area (Å²) >= 11 is 1.96. The zero-order valence-electron chi connectivity index (χ0n) is 9.22. The first-order valence-electron chi connectivity index (χ1n) is 6.11. The molecular formula is C13H19NS. The van der Waals surface area contributed by atoms with Crippen molar-refractivity contribution in [2.45, 2.75) is 51.5 Å². The van der Waals surface area contributed by atoms with Crippen LogP contribution in [0.15, 0.2) is 5.38 Å². The molecule has 1 aromatic rings. The average molecular weight is 221 g/mol. The number of nitrogens with two attached hydrogens (primary N) is 1. The summed E-state index contributed by atoms with van der Waals surface area (Å²) in [5.41, 5.74) is 9.50. The van der Waals surface area contributed by atoms with Crippen LogP contribution in [0.4, 0.5) is 0 Å². The van der Waals surface area contributed by atoms with Gasteiger partial charge < -0.3 is 5.73 Å². The van der Waals surface area contributed by atoms with Gasteiger partial charge in [0, 0.05) is 11.4 Å². The van der Waals surface area contributed by atoms with Crippen molar-refractivity contribution < 1.29 is 0 Å². The van der Waals surface area contributed by atoms with E-state index in [1.807, 2.05) is 11.3 Å². The predicted octanol–water partition coefficient (Wildman–Crippen LogP) is 3.26. The molecule has 0 unspecified atom stereocenters. The molecule has 0 atom stereocenters. The maximum atomic E-state index is 5.77. The fraction of sp³-hybridized carbons (Fsp3) is 0.692. The molecule has 2 aliphatic rings. The van der Waals surface area contributed by atoms with Gasteiger partial charge in [0.2, 0.25) is 0 Å². The van der Waals surface area contributed by atoms with Crippen LogP contribution in [-0.2, 0) is 19.4 Å². The van der Waals surface area contributed by atoms with Gasteiger partial charge >= 0.3 is 0 Å². The Labute approximate surface area is 95.7 Å². The second kappa shape index (κ2) is 3.60. The van der Waals surface area contributed by atoms with E-state index in [1.54, 1.807) is 10.4 Å². The highest BCUT2D eigenvalue weighted by Gasteiger charge is 2.37. The molecular weight excluding hydrogens is 202 g/mol. The molecule has 1 spiro atoms. The summed E-state index contributed by atoms with van der Waals surface area (Å²) in [6.45, 7) is 0.735. The zero-order chi connectivity index (χ0) is 10.3. The van der Waals surface area contributed by atoms with Crippen molar-refractivity contribution in [1.82, 2.24) is 0 Å². The highest BCUT2D eigenvalue weighted by atomic mass is 32.1. The molecule has 0 bridgehead atoms. The van der Waals surface area contributed by atoms with Gasteiger partial charge in [-0.3, -0.25) is 0 Å². The van der Waals surface area contributed by atoms with Crippen molar-refractivity contribution >= 4 is 11.3 Å². The lowest BCUT2D eigenvalue weighted by Crippen LogP contribution is -2.25. The van der Waals surface area contributed by atoms with Crippen LogP contribution in [-0.4, -0.2) is 0 Å². The number of hydrogen-bond donors (Lipinski definition) is 1. The van der Waals surface area contributed by atoms with Crippen molar-refractivity contribution in [2.75, 3.05) is 0 Å². The van der Waals surface area contributed by atoms with Crippen LogP contribution in [0, 0.1) is 5.41 Å². The van der Waals surface area contributed by atoms with Gasteiger partial charge in [-0.1, -0.05) is 12.8 Å². The van der Waals surface area contributed by atoms with E-state index in [-0.39, 0.29) is 0 Å². The van der Waals surface area contributed by atoms with Crippen LogP contribution in [0.1, 0.15) is 48.1 Å². The molecule has 0 saturated heterocycles.